The minimum absolute atomic E-state index is 0.110. The second kappa shape index (κ2) is 9.00. The first-order valence-corrected chi connectivity index (χ1v) is 9.44. The van der Waals surface area contributed by atoms with Crippen LogP contribution in [0.25, 0.3) is 0 Å². The van der Waals surface area contributed by atoms with Gasteiger partial charge in [0.1, 0.15) is 0 Å². The minimum Gasteiger partial charge on any atom is -0.351 e. The first-order valence-electron chi connectivity index (χ1n) is 7.96. The minimum atomic E-state index is -3.56. The lowest BCUT2D eigenvalue weighted by atomic mass is 10.1. The highest BCUT2D eigenvalue weighted by Gasteiger charge is 2.17. The molecule has 1 rings (SSSR count). The van der Waals surface area contributed by atoms with Crippen molar-refractivity contribution in [3.63, 3.8) is 0 Å². The fourth-order valence-corrected chi connectivity index (χ4v) is 3.32. The van der Waals surface area contributed by atoms with Gasteiger partial charge in [-0.1, -0.05) is 26.8 Å². The van der Waals surface area contributed by atoms with Crippen LogP contribution in [0.3, 0.4) is 0 Å². The Bertz CT molecular complexity index is 625. The van der Waals surface area contributed by atoms with E-state index in [1.165, 1.54) is 12.1 Å². The molecule has 130 valence electrons. The van der Waals surface area contributed by atoms with Gasteiger partial charge in [-0.15, -0.1) is 0 Å². The Balaban J connectivity index is 2.85. The van der Waals surface area contributed by atoms with Gasteiger partial charge in [0.05, 0.1) is 4.90 Å². The average Bonchev–Trinajstić information content (AvgIpc) is 2.51. The van der Waals surface area contributed by atoms with E-state index in [0.29, 0.717) is 18.7 Å². The lowest BCUT2D eigenvalue weighted by Crippen LogP contribution is -2.35. The van der Waals surface area contributed by atoms with Crippen LogP contribution in [-0.2, 0) is 10.0 Å². The van der Waals surface area contributed by atoms with Crippen molar-refractivity contribution < 1.29 is 13.2 Å². The zero-order chi connectivity index (χ0) is 17.5. The number of benzene rings is 1. The predicted octanol–water partition coefficient (Wildman–Crippen LogP) is 1.36. The second-order valence-electron chi connectivity index (χ2n) is 5.26. The molecule has 1 amide bonds. The maximum Gasteiger partial charge on any atom is 0.251 e. The summed E-state index contributed by atoms with van der Waals surface area (Å²) in [6, 6.07) is 4.60. The molecule has 0 fully saturated rings. The fourth-order valence-electron chi connectivity index (χ4n) is 2.25. The van der Waals surface area contributed by atoms with E-state index in [-0.39, 0.29) is 10.8 Å². The highest BCUT2D eigenvalue weighted by Crippen LogP contribution is 2.15. The van der Waals surface area contributed by atoms with Crippen molar-refractivity contribution in [1.29, 1.82) is 0 Å². The van der Waals surface area contributed by atoms with Gasteiger partial charge >= 0.3 is 0 Å². The monoisotopic (exact) mass is 341 g/mol. The molecule has 0 atom stereocenters. The molecule has 0 aliphatic rings. The average molecular weight is 341 g/mol. The second-order valence-corrected chi connectivity index (χ2v) is 7.03. The summed E-state index contributed by atoms with van der Waals surface area (Å²) in [6.45, 7) is 11.1. The van der Waals surface area contributed by atoms with Crippen molar-refractivity contribution in [2.24, 2.45) is 0 Å². The molecule has 0 aliphatic carbocycles. The Labute approximate surface area is 139 Å². The van der Waals surface area contributed by atoms with Gasteiger partial charge in [-0.05, 0) is 37.7 Å². The van der Waals surface area contributed by atoms with Gasteiger partial charge in [-0.2, -0.15) is 0 Å². The third kappa shape index (κ3) is 5.60. The molecule has 0 aromatic heterocycles. The normalized spacial score (nSPS) is 11.7. The van der Waals surface area contributed by atoms with E-state index in [0.717, 1.165) is 25.2 Å². The molecule has 1 aromatic carbocycles. The molecule has 1 aromatic rings. The highest BCUT2D eigenvalue weighted by atomic mass is 32.2. The maximum atomic E-state index is 12.3. The van der Waals surface area contributed by atoms with Gasteiger partial charge in [0, 0.05) is 25.2 Å². The Kier molecular flexibility index (Phi) is 7.67. The Morgan fingerprint density at radius 1 is 1.17 bits per heavy atom. The molecule has 0 bridgehead atoms. The van der Waals surface area contributed by atoms with Gasteiger partial charge in [-0.3, -0.25) is 4.79 Å². The van der Waals surface area contributed by atoms with E-state index in [1.807, 2.05) is 0 Å². The van der Waals surface area contributed by atoms with Crippen LogP contribution in [-0.4, -0.2) is 51.9 Å². The van der Waals surface area contributed by atoms with Crippen LogP contribution in [0.1, 0.15) is 36.7 Å². The molecule has 0 heterocycles. The highest BCUT2D eigenvalue weighted by molar-refractivity contribution is 7.89. The summed E-state index contributed by atoms with van der Waals surface area (Å²) in [5, 5.41) is 2.85. The molecule has 7 heteroatoms. The summed E-state index contributed by atoms with van der Waals surface area (Å²) in [5.41, 5.74) is 1.14. The lowest BCUT2D eigenvalue weighted by Gasteiger charge is -2.18. The molecule has 0 saturated carbocycles. The quantitative estimate of drug-likeness (QED) is 0.711. The number of nitrogens with one attached hydrogen (secondary N) is 2. The van der Waals surface area contributed by atoms with E-state index in [9.17, 15) is 13.2 Å². The van der Waals surface area contributed by atoms with Gasteiger partial charge in [0.15, 0.2) is 0 Å². The Morgan fingerprint density at radius 3 is 2.39 bits per heavy atom. The van der Waals surface area contributed by atoms with E-state index in [2.05, 4.69) is 28.8 Å². The van der Waals surface area contributed by atoms with Crippen LogP contribution < -0.4 is 10.0 Å². The number of nitrogens with zero attached hydrogens (tertiary/aromatic N) is 1. The van der Waals surface area contributed by atoms with Gasteiger partial charge in [0.2, 0.25) is 10.0 Å². The third-order valence-electron chi connectivity index (χ3n) is 3.71. The SMILES string of the molecule is CCNS(=O)(=O)c1ccc(C)c(C(=O)NCCN(CC)CC)c1. The van der Waals surface area contributed by atoms with Gasteiger partial charge in [-0.25, -0.2) is 13.1 Å². The van der Waals surface area contributed by atoms with Crippen LogP contribution in [0.5, 0.6) is 0 Å². The molecule has 0 unspecified atom stereocenters. The number of carbonyl (C=O) groups excluding carboxylic acids is 1. The van der Waals surface area contributed by atoms with Crippen molar-refractivity contribution in [3.05, 3.63) is 29.3 Å². The van der Waals surface area contributed by atoms with Crippen LogP contribution in [0.2, 0.25) is 0 Å². The van der Waals surface area contributed by atoms with E-state index in [4.69, 9.17) is 0 Å². The largest absolute Gasteiger partial charge is 0.351 e. The standard InChI is InChI=1S/C16H27N3O3S/c1-5-18-23(21,22)14-9-8-13(4)15(12-14)16(20)17-10-11-19(6-2)7-3/h8-9,12,18H,5-7,10-11H2,1-4H3,(H,17,20). The third-order valence-corrected chi connectivity index (χ3v) is 5.25. The molecule has 0 spiro atoms. The fraction of sp³-hybridized carbons (Fsp3) is 0.562. The summed E-state index contributed by atoms with van der Waals surface area (Å²) in [4.78, 5) is 14.6. The first kappa shape index (κ1) is 19.6. The first-order chi connectivity index (χ1) is 10.9. The number of hydrogen-bond acceptors (Lipinski definition) is 4. The lowest BCUT2D eigenvalue weighted by molar-refractivity contribution is 0.0948. The molecule has 2 N–H and O–H groups in total. The molecule has 6 nitrogen and oxygen atoms in total. The molecular weight excluding hydrogens is 314 g/mol. The van der Waals surface area contributed by atoms with Crippen molar-refractivity contribution in [1.82, 2.24) is 14.9 Å². The van der Waals surface area contributed by atoms with Crippen molar-refractivity contribution in [2.45, 2.75) is 32.6 Å². The molecule has 23 heavy (non-hydrogen) atoms. The molecule has 0 radical (unpaired) electrons. The smallest absolute Gasteiger partial charge is 0.251 e. The van der Waals surface area contributed by atoms with E-state index < -0.39 is 10.0 Å². The van der Waals surface area contributed by atoms with E-state index >= 15 is 0 Å². The number of hydrogen-bond donors (Lipinski definition) is 2. The zero-order valence-electron chi connectivity index (χ0n) is 14.3. The van der Waals surface area contributed by atoms with Gasteiger partial charge in [0.25, 0.3) is 5.91 Å². The number of rotatable bonds is 9. The number of amides is 1. The maximum absolute atomic E-state index is 12.3. The number of carbonyl (C=O) groups is 1. The summed E-state index contributed by atoms with van der Waals surface area (Å²) >= 11 is 0. The van der Waals surface area contributed by atoms with Crippen molar-refractivity contribution in [3.8, 4) is 0 Å². The van der Waals surface area contributed by atoms with Crippen LogP contribution in [0, 0.1) is 6.92 Å². The predicted molar refractivity (Wildman–Crippen MR) is 92.2 cm³/mol. The van der Waals surface area contributed by atoms with Crippen molar-refractivity contribution in [2.75, 3.05) is 32.7 Å². The summed E-state index contributed by atoms with van der Waals surface area (Å²) in [7, 11) is -3.56. The molecule has 0 saturated heterocycles. The Hall–Kier alpha value is -1.44. The summed E-state index contributed by atoms with van der Waals surface area (Å²) < 4.78 is 26.5. The molecule has 0 aliphatic heterocycles. The summed E-state index contributed by atoms with van der Waals surface area (Å²) in [5.74, 6) is -0.247. The van der Waals surface area contributed by atoms with Crippen molar-refractivity contribution >= 4 is 15.9 Å². The van der Waals surface area contributed by atoms with Crippen LogP contribution >= 0.6 is 0 Å². The van der Waals surface area contributed by atoms with E-state index in [1.54, 1.807) is 19.9 Å². The molecular formula is C16H27N3O3S. The number of aryl methyl sites for hydroxylation is 1. The van der Waals surface area contributed by atoms with Crippen LogP contribution in [0.15, 0.2) is 23.1 Å². The Morgan fingerprint density at radius 2 is 1.83 bits per heavy atom. The van der Waals surface area contributed by atoms with Gasteiger partial charge < -0.3 is 10.2 Å². The number of likely N-dealkylation sites (N-methyl/N-ethyl adjacent to an activating group) is 1. The zero-order valence-corrected chi connectivity index (χ0v) is 15.2. The summed E-state index contributed by atoms with van der Waals surface area (Å²) in [6.07, 6.45) is 0. The van der Waals surface area contributed by atoms with Crippen LogP contribution in [0.4, 0.5) is 0 Å². The topological polar surface area (TPSA) is 78.5 Å². The number of sulfonamides is 1.